The third kappa shape index (κ3) is 5.61. The second-order valence-electron chi connectivity index (χ2n) is 5.23. The van der Waals surface area contributed by atoms with Gasteiger partial charge in [0.05, 0.1) is 10.5 Å². The van der Waals surface area contributed by atoms with Crippen molar-refractivity contribution in [2.24, 2.45) is 0 Å². The summed E-state index contributed by atoms with van der Waals surface area (Å²) in [5.74, 6) is -1.26. The number of hydrogen-bond acceptors (Lipinski definition) is 5. The van der Waals surface area contributed by atoms with Gasteiger partial charge in [0, 0.05) is 16.6 Å². The number of nitrogens with zero attached hydrogens (tertiary/aromatic N) is 1. The fourth-order valence-electron chi connectivity index (χ4n) is 2.05. The smallest absolute Gasteiger partial charge is 0.355 e. The third-order valence-corrected chi connectivity index (χ3v) is 4.03. The summed E-state index contributed by atoms with van der Waals surface area (Å²) >= 11 is 3.28. The Labute approximate surface area is 163 Å². The molecule has 2 rings (SSSR count). The van der Waals surface area contributed by atoms with Crippen LogP contribution in [-0.2, 0) is 9.53 Å². The van der Waals surface area contributed by atoms with Gasteiger partial charge < -0.3 is 10.1 Å². The Kier molecular flexibility index (Phi) is 7.01. The Morgan fingerprint density at radius 3 is 2.44 bits per heavy atom. The molecule has 0 atom stereocenters. The summed E-state index contributed by atoms with van der Waals surface area (Å²) < 4.78 is 5.56. The van der Waals surface area contributed by atoms with E-state index in [2.05, 4.69) is 27.8 Å². The number of ether oxygens (including phenoxy) is 1. The topological polar surface area (TPSA) is 98.5 Å². The first kappa shape index (κ1) is 20.1. The zero-order chi connectivity index (χ0) is 19.8. The minimum absolute atomic E-state index is 0.0265. The van der Waals surface area contributed by atoms with Gasteiger partial charge in [-0.15, -0.1) is 0 Å². The van der Waals surface area contributed by atoms with Crippen LogP contribution in [0.4, 0.5) is 5.69 Å². The highest BCUT2D eigenvalue weighted by molar-refractivity contribution is 9.10. The Bertz CT molecular complexity index is 907. The van der Waals surface area contributed by atoms with E-state index in [0.717, 1.165) is 0 Å². The molecule has 7 nitrogen and oxygen atoms in total. The first-order chi connectivity index (χ1) is 12.9. The Morgan fingerprint density at radius 2 is 1.85 bits per heavy atom. The molecule has 0 saturated heterocycles. The minimum Gasteiger partial charge on any atom is -0.457 e. The van der Waals surface area contributed by atoms with Gasteiger partial charge in [-0.25, -0.2) is 4.79 Å². The second kappa shape index (κ2) is 9.44. The predicted octanol–water partition coefficient (Wildman–Crippen LogP) is 3.86. The monoisotopic (exact) mass is 430 g/mol. The van der Waals surface area contributed by atoms with Gasteiger partial charge in [-0.2, -0.15) is 0 Å². The molecule has 0 radical (unpaired) electrons. The molecule has 0 aliphatic carbocycles. The molecular weight excluding hydrogens is 416 g/mol. The molecule has 8 heteroatoms. The SMILES string of the molecule is C=CCOC(=O)C(=Cc1ccc([N+](=O)[O-])cc1)NC(=O)c1ccccc1Br. The lowest BCUT2D eigenvalue weighted by Gasteiger charge is -2.10. The number of carbonyl (C=O) groups is 2. The number of nitro groups is 1. The zero-order valence-electron chi connectivity index (χ0n) is 14.1. The standard InChI is InChI=1S/C19H15BrN2O5/c1-2-11-27-19(24)17(12-13-7-9-14(10-8-13)22(25)26)21-18(23)15-5-3-4-6-16(15)20/h2-10,12H,1,11H2,(H,21,23). The Balaban J connectivity index is 2.31. The lowest BCUT2D eigenvalue weighted by molar-refractivity contribution is -0.384. The van der Waals surface area contributed by atoms with Crippen LogP contribution in [0, 0.1) is 10.1 Å². The lowest BCUT2D eigenvalue weighted by Crippen LogP contribution is -2.28. The maximum Gasteiger partial charge on any atom is 0.355 e. The fraction of sp³-hybridized carbons (Fsp3) is 0.0526. The highest BCUT2D eigenvalue weighted by atomic mass is 79.9. The van der Waals surface area contributed by atoms with Gasteiger partial charge in [-0.1, -0.05) is 24.8 Å². The van der Waals surface area contributed by atoms with Crippen LogP contribution in [0.1, 0.15) is 15.9 Å². The minimum atomic E-state index is -0.756. The number of halogens is 1. The van der Waals surface area contributed by atoms with Crippen LogP contribution in [0.25, 0.3) is 6.08 Å². The van der Waals surface area contributed by atoms with Crippen LogP contribution < -0.4 is 5.32 Å². The molecule has 0 heterocycles. The number of hydrogen-bond donors (Lipinski definition) is 1. The maximum absolute atomic E-state index is 12.5. The number of non-ortho nitro benzene ring substituents is 1. The van der Waals surface area contributed by atoms with Crippen molar-refractivity contribution in [2.45, 2.75) is 0 Å². The molecule has 0 aliphatic heterocycles. The van der Waals surface area contributed by atoms with E-state index in [1.54, 1.807) is 24.3 Å². The number of esters is 1. The highest BCUT2D eigenvalue weighted by Gasteiger charge is 2.17. The molecule has 2 aromatic rings. The van der Waals surface area contributed by atoms with Gasteiger partial charge in [-0.3, -0.25) is 14.9 Å². The van der Waals surface area contributed by atoms with E-state index in [4.69, 9.17) is 4.74 Å². The average Bonchev–Trinajstić information content (AvgIpc) is 2.66. The van der Waals surface area contributed by atoms with E-state index in [-0.39, 0.29) is 18.0 Å². The zero-order valence-corrected chi connectivity index (χ0v) is 15.6. The Morgan fingerprint density at radius 1 is 1.19 bits per heavy atom. The molecule has 0 aliphatic rings. The number of rotatable bonds is 7. The van der Waals surface area contributed by atoms with Gasteiger partial charge >= 0.3 is 5.97 Å². The molecule has 0 aromatic heterocycles. The summed E-state index contributed by atoms with van der Waals surface area (Å²) in [6, 6.07) is 12.3. The molecule has 0 bridgehead atoms. The molecule has 27 heavy (non-hydrogen) atoms. The van der Waals surface area contributed by atoms with E-state index in [9.17, 15) is 19.7 Å². The van der Waals surface area contributed by atoms with Crippen molar-refractivity contribution in [2.75, 3.05) is 6.61 Å². The fourth-order valence-corrected chi connectivity index (χ4v) is 2.52. The van der Waals surface area contributed by atoms with Crippen LogP contribution in [-0.4, -0.2) is 23.4 Å². The summed E-state index contributed by atoms with van der Waals surface area (Å²) in [7, 11) is 0. The molecule has 2 aromatic carbocycles. The largest absolute Gasteiger partial charge is 0.457 e. The quantitative estimate of drug-likeness (QED) is 0.236. The third-order valence-electron chi connectivity index (χ3n) is 3.33. The van der Waals surface area contributed by atoms with Gasteiger partial charge in [-0.05, 0) is 51.8 Å². The summed E-state index contributed by atoms with van der Waals surface area (Å²) in [4.78, 5) is 35.0. The van der Waals surface area contributed by atoms with Crippen molar-refractivity contribution in [1.82, 2.24) is 5.32 Å². The van der Waals surface area contributed by atoms with Crippen molar-refractivity contribution >= 4 is 39.6 Å². The van der Waals surface area contributed by atoms with Crippen LogP contribution in [0.5, 0.6) is 0 Å². The van der Waals surface area contributed by atoms with Crippen molar-refractivity contribution < 1.29 is 19.2 Å². The Hall–Kier alpha value is -3.26. The first-order valence-corrected chi connectivity index (χ1v) is 8.51. The molecule has 138 valence electrons. The maximum atomic E-state index is 12.5. The van der Waals surface area contributed by atoms with E-state index >= 15 is 0 Å². The summed E-state index contributed by atoms with van der Waals surface area (Å²) in [5.41, 5.74) is 0.633. The van der Waals surface area contributed by atoms with E-state index in [0.29, 0.717) is 15.6 Å². The lowest BCUT2D eigenvalue weighted by atomic mass is 10.1. The van der Waals surface area contributed by atoms with Gasteiger partial charge in [0.1, 0.15) is 12.3 Å². The number of benzene rings is 2. The van der Waals surface area contributed by atoms with E-state index in [1.807, 2.05) is 0 Å². The molecule has 0 unspecified atom stereocenters. The van der Waals surface area contributed by atoms with Crippen LogP contribution in [0.15, 0.2) is 71.4 Å². The number of nitrogens with one attached hydrogen (secondary N) is 1. The first-order valence-electron chi connectivity index (χ1n) is 7.72. The summed E-state index contributed by atoms with van der Waals surface area (Å²) in [6.07, 6.45) is 2.78. The number of carbonyl (C=O) groups excluding carboxylic acids is 2. The predicted molar refractivity (Wildman–Crippen MR) is 104 cm³/mol. The van der Waals surface area contributed by atoms with Gasteiger partial charge in [0.2, 0.25) is 0 Å². The molecule has 1 N–H and O–H groups in total. The molecule has 0 saturated carbocycles. The van der Waals surface area contributed by atoms with Crippen molar-refractivity contribution in [1.29, 1.82) is 0 Å². The van der Waals surface area contributed by atoms with Crippen molar-refractivity contribution in [3.63, 3.8) is 0 Å². The molecular formula is C19H15BrN2O5. The van der Waals surface area contributed by atoms with E-state index in [1.165, 1.54) is 36.4 Å². The van der Waals surface area contributed by atoms with Gasteiger partial charge in [0.15, 0.2) is 0 Å². The second-order valence-corrected chi connectivity index (χ2v) is 6.08. The van der Waals surface area contributed by atoms with Crippen molar-refractivity contribution in [3.8, 4) is 0 Å². The molecule has 0 spiro atoms. The summed E-state index contributed by atoms with van der Waals surface area (Å²) in [6.45, 7) is 3.44. The molecule has 1 amide bonds. The van der Waals surface area contributed by atoms with Crippen LogP contribution >= 0.6 is 15.9 Å². The van der Waals surface area contributed by atoms with Crippen LogP contribution in [0.3, 0.4) is 0 Å². The normalized spacial score (nSPS) is 10.8. The number of amides is 1. The van der Waals surface area contributed by atoms with Crippen LogP contribution in [0.2, 0.25) is 0 Å². The summed E-state index contributed by atoms with van der Waals surface area (Å²) in [5, 5.41) is 13.3. The van der Waals surface area contributed by atoms with Crippen molar-refractivity contribution in [3.05, 3.63) is 92.6 Å². The molecule has 0 fully saturated rings. The number of nitro benzene ring substituents is 1. The highest BCUT2D eigenvalue weighted by Crippen LogP contribution is 2.17. The average molecular weight is 431 g/mol. The van der Waals surface area contributed by atoms with E-state index < -0.39 is 16.8 Å². The van der Waals surface area contributed by atoms with Gasteiger partial charge in [0.25, 0.3) is 11.6 Å².